The molecule has 1 fully saturated rings. The molecule has 2 aromatic rings. The van der Waals surface area contributed by atoms with Crippen LogP contribution in [0.2, 0.25) is 0 Å². The highest BCUT2D eigenvalue weighted by atomic mass is 16.2. The number of nitrogens with one attached hydrogen (secondary N) is 1. The molecule has 1 aliphatic rings. The Bertz CT molecular complexity index is 824. The summed E-state index contributed by atoms with van der Waals surface area (Å²) < 4.78 is 0. The van der Waals surface area contributed by atoms with Gasteiger partial charge in [-0.05, 0) is 35.4 Å². The average Bonchev–Trinajstić information content (AvgIpc) is 3.03. The zero-order valence-electron chi connectivity index (χ0n) is 17.1. The molecule has 1 heterocycles. The molecule has 28 heavy (non-hydrogen) atoms. The first kappa shape index (κ1) is 20.1. The minimum absolute atomic E-state index is 0.0567. The van der Waals surface area contributed by atoms with Crippen LogP contribution in [0.15, 0.2) is 54.6 Å². The number of aryl methyl sites for hydroxylation is 1. The van der Waals surface area contributed by atoms with E-state index < -0.39 is 0 Å². The standard InChI is InChI=1S/C24H30N2O2/c1-24(2,3)20-13-7-8-14-21(20)25-23(28)19-16-22(27)26(17-19)15-9-12-18-10-5-4-6-11-18/h4-8,10-11,13-14,19H,9,12,15-17H2,1-3H3,(H,25,28). The van der Waals surface area contributed by atoms with E-state index in [1.807, 2.05) is 47.4 Å². The van der Waals surface area contributed by atoms with Gasteiger partial charge in [0.25, 0.3) is 0 Å². The van der Waals surface area contributed by atoms with Gasteiger partial charge in [0, 0.05) is 25.2 Å². The number of carbonyl (C=O) groups is 2. The second kappa shape index (κ2) is 8.59. The fourth-order valence-corrected chi connectivity index (χ4v) is 3.76. The Morgan fingerprint density at radius 3 is 2.46 bits per heavy atom. The van der Waals surface area contributed by atoms with Crippen LogP contribution in [0.4, 0.5) is 5.69 Å². The Balaban J connectivity index is 1.55. The highest BCUT2D eigenvalue weighted by Gasteiger charge is 2.34. The lowest BCUT2D eigenvalue weighted by molar-refractivity contribution is -0.128. The third kappa shape index (κ3) is 5.00. The number of likely N-dealkylation sites (tertiary alicyclic amines) is 1. The van der Waals surface area contributed by atoms with Crippen LogP contribution in [-0.4, -0.2) is 29.8 Å². The summed E-state index contributed by atoms with van der Waals surface area (Å²) in [5, 5.41) is 3.06. The quantitative estimate of drug-likeness (QED) is 0.810. The average molecular weight is 379 g/mol. The van der Waals surface area contributed by atoms with Crippen LogP contribution < -0.4 is 5.32 Å². The molecule has 0 spiro atoms. The summed E-state index contributed by atoms with van der Waals surface area (Å²) in [7, 11) is 0. The number of rotatable bonds is 6. The van der Waals surface area contributed by atoms with Crippen LogP contribution in [-0.2, 0) is 21.4 Å². The summed E-state index contributed by atoms with van der Waals surface area (Å²) in [6, 6.07) is 18.2. The number of para-hydroxylation sites is 1. The maximum Gasteiger partial charge on any atom is 0.229 e. The number of amides is 2. The van der Waals surface area contributed by atoms with Crippen molar-refractivity contribution in [2.24, 2.45) is 5.92 Å². The molecule has 4 nitrogen and oxygen atoms in total. The lowest BCUT2D eigenvalue weighted by Gasteiger charge is -2.23. The lowest BCUT2D eigenvalue weighted by Crippen LogP contribution is -2.29. The first-order valence-corrected chi connectivity index (χ1v) is 10.1. The largest absolute Gasteiger partial charge is 0.342 e. The molecule has 2 aromatic carbocycles. The summed E-state index contributed by atoms with van der Waals surface area (Å²) in [6.45, 7) is 7.61. The number of nitrogens with zero attached hydrogens (tertiary/aromatic N) is 1. The highest BCUT2D eigenvalue weighted by molar-refractivity contribution is 5.97. The van der Waals surface area contributed by atoms with E-state index in [0.29, 0.717) is 19.5 Å². The van der Waals surface area contributed by atoms with Gasteiger partial charge in [0.05, 0.1) is 5.92 Å². The summed E-state index contributed by atoms with van der Waals surface area (Å²) >= 11 is 0. The van der Waals surface area contributed by atoms with Gasteiger partial charge in [0.2, 0.25) is 11.8 Å². The monoisotopic (exact) mass is 378 g/mol. The Morgan fingerprint density at radius 2 is 1.75 bits per heavy atom. The van der Waals surface area contributed by atoms with Crippen molar-refractivity contribution in [1.29, 1.82) is 0 Å². The van der Waals surface area contributed by atoms with E-state index in [1.165, 1.54) is 5.56 Å². The number of anilines is 1. The number of benzene rings is 2. The van der Waals surface area contributed by atoms with E-state index in [-0.39, 0.29) is 23.1 Å². The van der Waals surface area contributed by atoms with E-state index in [4.69, 9.17) is 0 Å². The molecule has 1 saturated heterocycles. The fourth-order valence-electron chi connectivity index (χ4n) is 3.76. The van der Waals surface area contributed by atoms with Crippen molar-refractivity contribution in [2.45, 2.75) is 45.4 Å². The van der Waals surface area contributed by atoms with Crippen molar-refractivity contribution in [1.82, 2.24) is 4.90 Å². The molecule has 3 rings (SSSR count). The zero-order chi connectivity index (χ0) is 20.1. The second-order valence-corrected chi connectivity index (χ2v) is 8.61. The summed E-state index contributed by atoms with van der Waals surface area (Å²) in [6.07, 6.45) is 2.16. The smallest absolute Gasteiger partial charge is 0.229 e. The van der Waals surface area contributed by atoms with Gasteiger partial charge < -0.3 is 10.2 Å². The maximum atomic E-state index is 12.8. The Labute approximate surface area is 167 Å². The van der Waals surface area contributed by atoms with Gasteiger partial charge >= 0.3 is 0 Å². The van der Waals surface area contributed by atoms with Crippen LogP contribution in [0.3, 0.4) is 0 Å². The molecule has 0 aliphatic carbocycles. The summed E-state index contributed by atoms with van der Waals surface area (Å²) in [4.78, 5) is 27.0. The first-order chi connectivity index (χ1) is 13.3. The minimum Gasteiger partial charge on any atom is -0.342 e. The topological polar surface area (TPSA) is 49.4 Å². The van der Waals surface area contributed by atoms with Crippen LogP contribution in [0.25, 0.3) is 0 Å². The van der Waals surface area contributed by atoms with Gasteiger partial charge in [-0.25, -0.2) is 0 Å². The van der Waals surface area contributed by atoms with E-state index in [9.17, 15) is 9.59 Å². The number of hydrogen-bond acceptors (Lipinski definition) is 2. The molecule has 1 aliphatic heterocycles. The number of carbonyl (C=O) groups excluding carboxylic acids is 2. The molecule has 148 valence electrons. The molecular weight excluding hydrogens is 348 g/mol. The predicted molar refractivity (Wildman–Crippen MR) is 113 cm³/mol. The molecule has 0 bridgehead atoms. The molecule has 2 amide bonds. The highest BCUT2D eigenvalue weighted by Crippen LogP contribution is 2.30. The summed E-state index contributed by atoms with van der Waals surface area (Å²) in [5.41, 5.74) is 3.17. The van der Waals surface area contributed by atoms with Crippen molar-refractivity contribution in [3.05, 3.63) is 65.7 Å². The van der Waals surface area contributed by atoms with Gasteiger partial charge in [-0.15, -0.1) is 0 Å². The fraction of sp³-hybridized carbons (Fsp3) is 0.417. The molecule has 4 heteroatoms. The van der Waals surface area contributed by atoms with E-state index >= 15 is 0 Å². The normalized spacial score (nSPS) is 17.0. The Hall–Kier alpha value is -2.62. The van der Waals surface area contributed by atoms with Crippen molar-refractivity contribution in [2.75, 3.05) is 18.4 Å². The Kier molecular flexibility index (Phi) is 6.18. The second-order valence-electron chi connectivity index (χ2n) is 8.61. The van der Waals surface area contributed by atoms with Crippen molar-refractivity contribution >= 4 is 17.5 Å². The molecule has 0 saturated carbocycles. The molecule has 0 radical (unpaired) electrons. The predicted octanol–water partition coefficient (Wildman–Crippen LogP) is 4.40. The van der Waals surface area contributed by atoms with Crippen molar-refractivity contribution < 1.29 is 9.59 Å². The van der Waals surface area contributed by atoms with Crippen LogP contribution >= 0.6 is 0 Å². The zero-order valence-corrected chi connectivity index (χ0v) is 17.1. The molecule has 1 atom stereocenters. The van der Waals surface area contributed by atoms with Gasteiger partial charge in [-0.3, -0.25) is 9.59 Å². The Morgan fingerprint density at radius 1 is 1.07 bits per heavy atom. The van der Waals surface area contributed by atoms with Gasteiger partial charge in [0.15, 0.2) is 0 Å². The van der Waals surface area contributed by atoms with Crippen LogP contribution in [0.1, 0.15) is 44.7 Å². The van der Waals surface area contributed by atoms with E-state index in [2.05, 4.69) is 38.2 Å². The third-order valence-corrected chi connectivity index (χ3v) is 5.31. The maximum absolute atomic E-state index is 12.8. The minimum atomic E-state index is -0.280. The molecule has 1 N–H and O–H groups in total. The van der Waals surface area contributed by atoms with Gasteiger partial charge in [0.1, 0.15) is 0 Å². The molecule has 1 unspecified atom stereocenters. The number of hydrogen-bond donors (Lipinski definition) is 1. The molecule has 0 aromatic heterocycles. The van der Waals surface area contributed by atoms with Crippen molar-refractivity contribution in [3.8, 4) is 0 Å². The third-order valence-electron chi connectivity index (χ3n) is 5.31. The van der Waals surface area contributed by atoms with Crippen LogP contribution in [0.5, 0.6) is 0 Å². The van der Waals surface area contributed by atoms with Crippen LogP contribution in [0, 0.1) is 5.92 Å². The summed E-state index contributed by atoms with van der Waals surface area (Å²) in [5.74, 6) is -0.259. The first-order valence-electron chi connectivity index (χ1n) is 10.1. The molecular formula is C24H30N2O2. The lowest BCUT2D eigenvalue weighted by atomic mass is 9.85. The van der Waals surface area contributed by atoms with E-state index in [0.717, 1.165) is 24.1 Å². The van der Waals surface area contributed by atoms with Crippen molar-refractivity contribution in [3.63, 3.8) is 0 Å². The van der Waals surface area contributed by atoms with E-state index in [1.54, 1.807) is 0 Å². The van der Waals surface area contributed by atoms with Gasteiger partial charge in [-0.1, -0.05) is 69.3 Å². The SMILES string of the molecule is CC(C)(C)c1ccccc1NC(=O)C1CC(=O)N(CCCc2ccccc2)C1. The van der Waals surface area contributed by atoms with Gasteiger partial charge in [-0.2, -0.15) is 0 Å².